The molecule has 33 heavy (non-hydrogen) atoms. The van der Waals surface area contributed by atoms with E-state index in [1.54, 1.807) is 48.5 Å². The summed E-state index contributed by atoms with van der Waals surface area (Å²) in [6.07, 6.45) is 0. The predicted molar refractivity (Wildman–Crippen MR) is 119 cm³/mol. The Bertz CT molecular complexity index is 1170. The molecule has 2 aliphatic rings. The van der Waals surface area contributed by atoms with Crippen LogP contribution in [0.3, 0.4) is 0 Å². The van der Waals surface area contributed by atoms with Gasteiger partial charge >= 0.3 is 12.0 Å². The van der Waals surface area contributed by atoms with Gasteiger partial charge in [0.05, 0.1) is 23.9 Å². The third-order valence-electron chi connectivity index (χ3n) is 5.38. The number of nitrogens with zero attached hydrogens (tertiary/aromatic N) is 1. The Hall–Kier alpha value is -4.14. The van der Waals surface area contributed by atoms with Crippen LogP contribution in [0.1, 0.15) is 35.8 Å². The van der Waals surface area contributed by atoms with Crippen molar-refractivity contribution < 1.29 is 28.7 Å². The molecular formula is C24H23N3O6. The van der Waals surface area contributed by atoms with E-state index in [2.05, 4.69) is 10.6 Å². The molecule has 2 N–H and O–H groups in total. The van der Waals surface area contributed by atoms with Crippen molar-refractivity contribution in [1.82, 2.24) is 10.2 Å². The van der Waals surface area contributed by atoms with Gasteiger partial charge in [-0.3, -0.25) is 14.5 Å². The van der Waals surface area contributed by atoms with Crippen LogP contribution in [0.5, 0.6) is 5.75 Å². The monoisotopic (exact) mass is 449 g/mol. The second-order valence-electron chi connectivity index (χ2n) is 7.56. The lowest BCUT2D eigenvalue weighted by atomic mass is 9.95. The highest BCUT2D eigenvalue weighted by atomic mass is 16.5. The number of anilines is 1. The van der Waals surface area contributed by atoms with E-state index in [-0.39, 0.29) is 24.5 Å². The third kappa shape index (κ3) is 4.43. The Labute approximate surface area is 190 Å². The number of hydrogen-bond donors (Lipinski definition) is 2. The zero-order chi connectivity index (χ0) is 23.5. The molecule has 9 nitrogen and oxygen atoms in total. The molecule has 0 aromatic heterocycles. The highest BCUT2D eigenvalue weighted by molar-refractivity contribution is 6.01. The van der Waals surface area contributed by atoms with Crippen LogP contribution in [-0.2, 0) is 14.3 Å². The molecule has 0 aliphatic carbocycles. The molecule has 4 rings (SSSR count). The number of hydrogen-bond acceptors (Lipinski definition) is 6. The number of cyclic esters (lactones) is 1. The van der Waals surface area contributed by atoms with Gasteiger partial charge in [0.25, 0.3) is 0 Å². The summed E-state index contributed by atoms with van der Waals surface area (Å²) in [6.45, 7) is 3.26. The molecule has 0 unspecified atom stereocenters. The number of urea groups is 1. The molecule has 2 heterocycles. The van der Waals surface area contributed by atoms with E-state index in [0.29, 0.717) is 34.9 Å². The van der Waals surface area contributed by atoms with Crippen LogP contribution in [-0.4, -0.2) is 48.3 Å². The minimum Gasteiger partial charge on any atom is -0.494 e. The number of benzene rings is 2. The first-order chi connectivity index (χ1) is 15.9. The smallest absolute Gasteiger partial charge is 0.338 e. The van der Waals surface area contributed by atoms with Gasteiger partial charge in [-0.05, 0) is 32.0 Å². The Morgan fingerprint density at radius 3 is 2.73 bits per heavy atom. The molecule has 3 amide bonds. The Kier molecular flexibility index (Phi) is 6.12. The van der Waals surface area contributed by atoms with E-state index in [1.807, 2.05) is 6.92 Å². The second-order valence-corrected chi connectivity index (χ2v) is 7.56. The number of para-hydroxylation sites is 1. The summed E-state index contributed by atoms with van der Waals surface area (Å²) in [5, 5.41) is 5.48. The van der Waals surface area contributed by atoms with Gasteiger partial charge in [0.1, 0.15) is 18.9 Å². The largest absolute Gasteiger partial charge is 0.494 e. The van der Waals surface area contributed by atoms with E-state index < -0.39 is 23.9 Å². The minimum absolute atomic E-state index is 0.109. The fraction of sp³-hybridized carbons (Fsp3) is 0.250. The Balaban J connectivity index is 1.60. The maximum Gasteiger partial charge on any atom is 0.338 e. The molecule has 2 aromatic carbocycles. The number of carbonyl (C=O) groups excluding carboxylic acids is 4. The molecule has 0 saturated heterocycles. The first kappa shape index (κ1) is 22.1. The summed E-state index contributed by atoms with van der Waals surface area (Å²) in [5.74, 6) is -0.615. The fourth-order valence-electron chi connectivity index (χ4n) is 3.88. The van der Waals surface area contributed by atoms with Crippen molar-refractivity contribution in [2.24, 2.45) is 0 Å². The van der Waals surface area contributed by atoms with E-state index in [9.17, 15) is 19.2 Å². The number of rotatable bonds is 7. The minimum atomic E-state index is -0.753. The Morgan fingerprint density at radius 1 is 1.18 bits per heavy atom. The number of Topliss-reactive ketones (excluding diaryl/α,β-unsaturated/α-hetero) is 1. The van der Waals surface area contributed by atoms with Crippen LogP contribution in [0.4, 0.5) is 10.5 Å². The van der Waals surface area contributed by atoms with E-state index >= 15 is 0 Å². The van der Waals surface area contributed by atoms with Crippen molar-refractivity contribution >= 4 is 29.4 Å². The van der Waals surface area contributed by atoms with Gasteiger partial charge in [-0.1, -0.05) is 30.3 Å². The molecule has 0 saturated carbocycles. The molecule has 9 heteroatoms. The average Bonchev–Trinajstić information content (AvgIpc) is 3.18. The summed E-state index contributed by atoms with van der Waals surface area (Å²) in [5.41, 5.74) is 2.13. The summed E-state index contributed by atoms with van der Waals surface area (Å²) < 4.78 is 10.9. The standard InChI is InChI=1S/C24H23N3O6/c1-3-32-19-10-5-4-9-17(19)22-21-18(13-33-23(21)30)27(24(31)26-22)12-20(29)25-16-8-6-7-15(11-16)14(2)28/h4-11,22H,3,12-13H2,1-2H3,(H,25,29)(H,26,31)/t22-/m1/s1. The van der Waals surface area contributed by atoms with Crippen molar-refractivity contribution in [3.05, 3.63) is 70.9 Å². The number of nitrogens with one attached hydrogen (secondary N) is 2. The number of ether oxygens (including phenoxy) is 2. The van der Waals surface area contributed by atoms with Gasteiger partial charge in [-0.25, -0.2) is 9.59 Å². The van der Waals surface area contributed by atoms with Crippen LogP contribution < -0.4 is 15.4 Å². The first-order valence-corrected chi connectivity index (χ1v) is 10.5. The maximum absolute atomic E-state index is 13.0. The van der Waals surface area contributed by atoms with Gasteiger partial charge in [-0.15, -0.1) is 0 Å². The van der Waals surface area contributed by atoms with Crippen LogP contribution in [0.15, 0.2) is 59.8 Å². The number of esters is 1. The summed E-state index contributed by atoms with van der Waals surface area (Å²) in [6, 6.07) is 12.4. The van der Waals surface area contributed by atoms with Gasteiger partial charge in [-0.2, -0.15) is 0 Å². The molecule has 0 fully saturated rings. The van der Waals surface area contributed by atoms with Gasteiger partial charge in [0.15, 0.2) is 5.78 Å². The van der Waals surface area contributed by atoms with Crippen molar-refractivity contribution in [2.45, 2.75) is 19.9 Å². The van der Waals surface area contributed by atoms with Crippen LogP contribution in [0.2, 0.25) is 0 Å². The predicted octanol–water partition coefficient (Wildman–Crippen LogP) is 2.80. The zero-order valence-electron chi connectivity index (χ0n) is 18.2. The quantitative estimate of drug-likeness (QED) is 0.496. The lowest BCUT2D eigenvalue weighted by molar-refractivity contribution is -0.136. The van der Waals surface area contributed by atoms with Crippen LogP contribution >= 0.6 is 0 Å². The normalized spacial score (nSPS) is 17.3. The summed E-state index contributed by atoms with van der Waals surface area (Å²) >= 11 is 0. The SMILES string of the molecule is CCOc1ccccc1[C@H]1NC(=O)N(CC(=O)Nc2cccc(C(C)=O)c2)C2=C1C(=O)OC2. The van der Waals surface area contributed by atoms with Crippen LogP contribution in [0.25, 0.3) is 0 Å². The maximum atomic E-state index is 13.0. The van der Waals surface area contributed by atoms with Crippen molar-refractivity contribution in [3.8, 4) is 5.75 Å². The first-order valence-electron chi connectivity index (χ1n) is 10.5. The molecule has 0 spiro atoms. The number of ketones is 1. The molecule has 1 atom stereocenters. The topological polar surface area (TPSA) is 114 Å². The molecule has 2 aromatic rings. The molecule has 2 aliphatic heterocycles. The van der Waals surface area contributed by atoms with Crippen molar-refractivity contribution in [1.29, 1.82) is 0 Å². The molecular weight excluding hydrogens is 426 g/mol. The lowest BCUT2D eigenvalue weighted by Gasteiger charge is -2.33. The molecule has 0 bridgehead atoms. The summed E-state index contributed by atoms with van der Waals surface area (Å²) in [4.78, 5) is 51.0. The second kappa shape index (κ2) is 9.15. The van der Waals surface area contributed by atoms with E-state index in [4.69, 9.17) is 9.47 Å². The average molecular weight is 449 g/mol. The van der Waals surface area contributed by atoms with Crippen LogP contribution in [0, 0.1) is 0 Å². The lowest BCUT2D eigenvalue weighted by Crippen LogP contribution is -2.49. The van der Waals surface area contributed by atoms with E-state index in [1.165, 1.54) is 11.8 Å². The Morgan fingerprint density at radius 2 is 1.97 bits per heavy atom. The van der Waals surface area contributed by atoms with Crippen molar-refractivity contribution in [2.75, 3.05) is 25.1 Å². The summed E-state index contributed by atoms with van der Waals surface area (Å²) in [7, 11) is 0. The van der Waals surface area contributed by atoms with Crippen molar-refractivity contribution in [3.63, 3.8) is 0 Å². The number of amides is 3. The number of carbonyl (C=O) groups is 4. The molecule has 0 radical (unpaired) electrons. The zero-order valence-corrected chi connectivity index (χ0v) is 18.2. The fourth-order valence-corrected chi connectivity index (χ4v) is 3.88. The molecule has 170 valence electrons. The van der Waals surface area contributed by atoms with E-state index in [0.717, 1.165) is 0 Å². The highest BCUT2D eigenvalue weighted by Crippen LogP contribution is 2.38. The van der Waals surface area contributed by atoms with Gasteiger partial charge in [0.2, 0.25) is 5.91 Å². The van der Waals surface area contributed by atoms with Gasteiger partial charge in [0, 0.05) is 16.8 Å². The van der Waals surface area contributed by atoms with Gasteiger partial charge < -0.3 is 20.1 Å². The highest BCUT2D eigenvalue weighted by Gasteiger charge is 2.43. The third-order valence-corrected chi connectivity index (χ3v) is 5.38.